The highest BCUT2D eigenvalue weighted by molar-refractivity contribution is 6.30. The van der Waals surface area contributed by atoms with E-state index < -0.39 is 0 Å². The third-order valence-electron chi connectivity index (χ3n) is 4.36. The summed E-state index contributed by atoms with van der Waals surface area (Å²) in [6, 6.07) is 14.2. The van der Waals surface area contributed by atoms with Crippen LogP contribution in [0.15, 0.2) is 48.5 Å². The van der Waals surface area contributed by atoms with Crippen molar-refractivity contribution in [2.24, 2.45) is 0 Å². The van der Waals surface area contributed by atoms with Crippen LogP contribution in [0.3, 0.4) is 0 Å². The fourth-order valence-corrected chi connectivity index (χ4v) is 3.06. The molecule has 1 aliphatic heterocycles. The lowest BCUT2D eigenvalue weighted by molar-refractivity contribution is -0.114. The number of hydrogen-bond donors (Lipinski definition) is 2. The molecule has 2 N–H and O–H groups in total. The number of nitrogens with one attached hydrogen (secondary N) is 2. The van der Waals surface area contributed by atoms with Crippen LogP contribution in [0.25, 0.3) is 0 Å². The van der Waals surface area contributed by atoms with Crippen LogP contribution in [-0.4, -0.2) is 36.3 Å². The molecule has 2 aromatic rings. The maximum absolute atomic E-state index is 12.4. The zero-order chi connectivity index (χ0) is 18.4. The molecule has 1 fully saturated rings. The van der Waals surface area contributed by atoms with Gasteiger partial charge in [0.2, 0.25) is 5.91 Å². The average molecular weight is 372 g/mol. The molecule has 5 nitrogen and oxygen atoms in total. The summed E-state index contributed by atoms with van der Waals surface area (Å²) in [5.74, 6) is -0.0717. The third-order valence-corrected chi connectivity index (χ3v) is 4.61. The minimum absolute atomic E-state index is 0.0803. The molecule has 2 amide bonds. The fraction of sp³-hybridized carbons (Fsp3) is 0.300. The van der Waals surface area contributed by atoms with Crippen LogP contribution in [0.5, 0.6) is 0 Å². The molecule has 0 atom stereocenters. The highest BCUT2D eigenvalue weighted by atomic mass is 35.5. The highest BCUT2D eigenvalue weighted by Crippen LogP contribution is 2.16. The summed E-state index contributed by atoms with van der Waals surface area (Å²) in [5.41, 5.74) is 2.18. The quantitative estimate of drug-likeness (QED) is 0.834. The summed E-state index contributed by atoms with van der Waals surface area (Å²) in [6.45, 7) is 1.81. The number of rotatable bonds is 5. The molecular weight excluding hydrogens is 350 g/mol. The van der Waals surface area contributed by atoms with E-state index in [9.17, 15) is 9.59 Å². The minimum Gasteiger partial charge on any atom is -0.376 e. The molecule has 136 valence electrons. The van der Waals surface area contributed by atoms with Gasteiger partial charge >= 0.3 is 0 Å². The third kappa shape index (κ3) is 4.99. The van der Waals surface area contributed by atoms with Crippen LogP contribution in [0, 0.1) is 0 Å². The lowest BCUT2D eigenvalue weighted by Gasteiger charge is -2.26. The van der Waals surface area contributed by atoms with E-state index in [-0.39, 0.29) is 18.4 Å². The van der Waals surface area contributed by atoms with Crippen molar-refractivity contribution in [1.29, 1.82) is 0 Å². The monoisotopic (exact) mass is 371 g/mol. The van der Waals surface area contributed by atoms with Gasteiger partial charge in [-0.1, -0.05) is 11.6 Å². The zero-order valence-electron chi connectivity index (χ0n) is 14.5. The van der Waals surface area contributed by atoms with Gasteiger partial charge in [-0.05, 0) is 67.8 Å². The second kappa shape index (κ2) is 8.72. The van der Waals surface area contributed by atoms with Gasteiger partial charge in [0.05, 0.1) is 6.54 Å². The number of likely N-dealkylation sites (tertiary alicyclic amines) is 1. The van der Waals surface area contributed by atoms with Crippen LogP contribution >= 0.6 is 11.6 Å². The predicted molar refractivity (Wildman–Crippen MR) is 105 cm³/mol. The van der Waals surface area contributed by atoms with Gasteiger partial charge in [-0.25, -0.2) is 0 Å². The number of carbonyl (C=O) groups excluding carboxylic acids is 2. The predicted octanol–water partition coefficient (Wildman–Crippen LogP) is 4.02. The standard InChI is InChI=1S/C20H22ClN3O2/c21-16-6-10-18(11-7-16)23-19(25)14-22-17-8-4-15(5-9-17)20(26)24-12-2-1-3-13-24/h4-11,22H,1-3,12-14H2,(H,23,25). The molecule has 1 heterocycles. The van der Waals surface area contributed by atoms with E-state index in [1.165, 1.54) is 6.42 Å². The molecule has 6 heteroatoms. The number of carbonyl (C=O) groups is 2. The van der Waals surface area contributed by atoms with E-state index in [4.69, 9.17) is 11.6 Å². The topological polar surface area (TPSA) is 61.4 Å². The number of amides is 2. The maximum Gasteiger partial charge on any atom is 0.253 e. The van der Waals surface area contributed by atoms with Gasteiger partial charge in [0, 0.05) is 35.1 Å². The summed E-state index contributed by atoms with van der Waals surface area (Å²) in [6.07, 6.45) is 3.35. The Balaban J connectivity index is 1.50. The number of piperidine rings is 1. The first-order valence-electron chi connectivity index (χ1n) is 8.80. The molecule has 0 aliphatic carbocycles. The smallest absolute Gasteiger partial charge is 0.253 e. The number of anilines is 2. The van der Waals surface area contributed by atoms with Crippen LogP contribution in [0.1, 0.15) is 29.6 Å². The van der Waals surface area contributed by atoms with Crippen molar-refractivity contribution in [2.45, 2.75) is 19.3 Å². The summed E-state index contributed by atoms with van der Waals surface area (Å²) in [5, 5.41) is 6.48. The number of hydrogen-bond acceptors (Lipinski definition) is 3. The van der Waals surface area contributed by atoms with Crippen LogP contribution in [-0.2, 0) is 4.79 Å². The molecule has 0 saturated carbocycles. The summed E-state index contributed by atoms with van der Waals surface area (Å²) >= 11 is 5.82. The number of halogens is 1. The first-order chi connectivity index (χ1) is 12.6. The Kier molecular flexibility index (Phi) is 6.12. The largest absolute Gasteiger partial charge is 0.376 e. The van der Waals surface area contributed by atoms with Crippen molar-refractivity contribution in [3.8, 4) is 0 Å². The van der Waals surface area contributed by atoms with Crippen molar-refractivity contribution in [3.05, 3.63) is 59.1 Å². The minimum atomic E-state index is -0.152. The van der Waals surface area contributed by atoms with Crippen LogP contribution in [0.2, 0.25) is 5.02 Å². The molecule has 0 unspecified atom stereocenters. The van der Waals surface area contributed by atoms with Crippen LogP contribution < -0.4 is 10.6 Å². The Morgan fingerprint density at radius 2 is 1.50 bits per heavy atom. The van der Waals surface area contributed by atoms with Gasteiger partial charge in [0.15, 0.2) is 0 Å². The van der Waals surface area contributed by atoms with Gasteiger partial charge in [0.25, 0.3) is 5.91 Å². The maximum atomic E-state index is 12.4. The lowest BCUT2D eigenvalue weighted by Crippen LogP contribution is -2.35. The van der Waals surface area contributed by atoms with E-state index >= 15 is 0 Å². The molecule has 0 bridgehead atoms. The van der Waals surface area contributed by atoms with Crippen molar-refractivity contribution < 1.29 is 9.59 Å². The van der Waals surface area contributed by atoms with Crippen molar-refractivity contribution in [3.63, 3.8) is 0 Å². The normalized spacial score (nSPS) is 14.0. The van der Waals surface area contributed by atoms with Gasteiger partial charge in [0.1, 0.15) is 0 Å². The highest BCUT2D eigenvalue weighted by Gasteiger charge is 2.17. The Hall–Kier alpha value is -2.53. The summed E-state index contributed by atoms with van der Waals surface area (Å²) in [7, 11) is 0. The molecule has 3 rings (SSSR count). The molecule has 26 heavy (non-hydrogen) atoms. The van der Waals surface area contributed by atoms with Crippen molar-refractivity contribution >= 4 is 34.8 Å². The van der Waals surface area contributed by atoms with E-state index in [1.54, 1.807) is 36.4 Å². The Labute approximate surface area is 158 Å². The second-order valence-electron chi connectivity index (χ2n) is 6.34. The molecule has 1 aliphatic rings. The number of nitrogens with zero attached hydrogens (tertiary/aromatic N) is 1. The van der Waals surface area contributed by atoms with E-state index in [0.717, 1.165) is 31.6 Å². The SMILES string of the molecule is O=C(CNc1ccc(C(=O)N2CCCCC2)cc1)Nc1ccc(Cl)cc1. The van der Waals surface area contributed by atoms with E-state index in [1.807, 2.05) is 17.0 Å². The summed E-state index contributed by atoms with van der Waals surface area (Å²) < 4.78 is 0. The zero-order valence-corrected chi connectivity index (χ0v) is 15.3. The van der Waals surface area contributed by atoms with Gasteiger partial charge in [-0.15, -0.1) is 0 Å². The van der Waals surface area contributed by atoms with Gasteiger partial charge in [-0.2, -0.15) is 0 Å². The fourth-order valence-electron chi connectivity index (χ4n) is 2.93. The van der Waals surface area contributed by atoms with Gasteiger partial charge in [-0.3, -0.25) is 9.59 Å². The molecular formula is C20H22ClN3O2. The first kappa shape index (κ1) is 18.3. The Morgan fingerprint density at radius 3 is 2.15 bits per heavy atom. The van der Waals surface area contributed by atoms with Crippen molar-refractivity contribution in [1.82, 2.24) is 4.90 Å². The Bertz CT molecular complexity index is 754. The lowest BCUT2D eigenvalue weighted by atomic mass is 10.1. The second-order valence-corrected chi connectivity index (χ2v) is 6.78. The molecule has 0 radical (unpaired) electrons. The van der Waals surface area contributed by atoms with E-state index in [2.05, 4.69) is 10.6 Å². The molecule has 2 aromatic carbocycles. The molecule has 0 spiro atoms. The molecule has 1 saturated heterocycles. The molecule has 0 aromatic heterocycles. The van der Waals surface area contributed by atoms with E-state index in [0.29, 0.717) is 16.3 Å². The summed E-state index contributed by atoms with van der Waals surface area (Å²) in [4.78, 5) is 26.3. The first-order valence-corrected chi connectivity index (χ1v) is 9.18. The Morgan fingerprint density at radius 1 is 0.885 bits per heavy atom. The number of benzene rings is 2. The average Bonchev–Trinajstić information content (AvgIpc) is 2.69. The van der Waals surface area contributed by atoms with Gasteiger partial charge < -0.3 is 15.5 Å². The van der Waals surface area contributed by atoms with Crippen LogP contribution in [0.4, 0.5) is 11.4 Å². The van der Waals surface area contributed by atoms with Crippen molar-refractivity contribution in [2.75, 3.05) is 30.3 Å².